The Kier molecular flexibility index (Phi) is 3.08. The molecule has 2 rings (SSSR count). The number of rotatable bonds is 3. The van der Waals surface area contributed by atoms with Crippen molar-refractivity contribution in [3.63, 3.8) is 0 Å². The van der Waals surface area contributed by atoms with Crippen LogP contribution in [0.4, 0.5) is 5.69 Å². The summed E-state index contributed by atoms with van der Waals surface area (Å²) in [5.74, 6) is 0.763. The van der Waals surface area contributed by atoms with Crippen LogP contribution in [0.3, 0.4) is 0 Å². The number of aromatic nitrogens is 1. The maximum Gasteiger partial charge on any atom is 0.271 e. The molecule has 17 heavy (non-hydrogen) atoms. The highest BCUT2D eigenvalue weighted by Gasteiger charge is 2.13. The van der Waals surface area contributed by atoms with Crippen LogP contribution in [-0.4, -0.2) is 9.91 Å². The molecule has 0 atom stereocenters. The van der Waals surface area contributed by atoms with Gasteiger partial charge in [0.05, 0.1) is 17.7 Å². The number of halogens is 1. The molecular formula is C10H8ClN3O3. The van der Waals surface area contributed by atoms with Gasteiger partial charge in [-0.15, -0.1) is 0 Å². The lowest BCUT2D eigenvalue weighted by molar-refractivity contribution is -0.384. The summed E-state index contributed by atoms with van der Waals surface area (Å²) in [6, 6.07) is 4.20. The normalized spacial score (nSPS) is 10.5. The van der Waals surface area contributed by atoms with Crippen molar-refractivity contribution in [1.29, 1.82) is 0 Å². The smallest absolute Gasteiger partial charge is 0.271 e. The number of nitro benzene ring substituents is 1. The number of hydrogen-bond donors (Lipinski definition) is 1. The first-order chi connectivity index (χ1) is 8.10. The Hall–Kier alpha value is -1.92. The van der Waals surface area contributed by atoms with Crippen LogP contribution >= 0.6 is 11.6 Å². The number of nitrogens with two attached hydrogens (primary N) is 1. The largest absolute Gasteiger partial charge is 0.439 e. The molecule has 1 aromatic carbocycles. The monoisotopic (exact) mass is 253 g/mol. The van der Waals surface area contributed by atoms with Gasteiger partial charge in [0.25, 0.3) is 5.69 Å². The minimum atomic E-state index is -0.518. The highest BCUT2D eigenvalue weighted by molar-refractivity contribution is 6.31. The molecule has 0 aliphatic carbocycles. The van der Waals surface area contributed by atoms with E-state index in [9.17, 15) is 10.1 Å². The van der Waals surface area contributed by atoms with Gasteiger partial charge in [0, 0.05) is 22.7 Å². The number of benzene rings is 1. The zero-order valence-electron chi connectivity index (χ0n) is 8.59. The second-order valence-electron chi connectivity index (χ2n) is 3.28. The summed E-state index contributed by atoms with van der Waals surface area (Å²) in [6.07, 6.45) is 1.46. The topological polar surface area (TPSA) is 95.2 Å². The summed E-state index contributed by atoms with van der Waals surface area (Å²) < 4.78 is 5.29. The molecule has 0 aliphatic rings. The molecule has 1 heterocycles. The zero-order chi connectivity index (χ0) is 12.4. The fourth-order valence-corrected chi connectivity index (χ4v) is 1.59. The van der Waals surface area contributed by atoms with Crippen molar-refractivity contribution in [2.24, 2.45) is 5.73 Å². The molecule has 0 radical (unpaired) electrons. The van der Waals surface area contributed by atoms with Crippen molar-refractivity contribution in [3.8, 4) is 11.3 Å². The van der Waals surface area contributed by atoms with E-state index in [0.29, 0.717) is 17.2 Å². The number of hydrogen-bond acceptors (Lipinski definition) is 5. The second kappa shape index (κ2) is 4.52. The molecule has 2 N–H and O–H groups in total. The Balaban J connectivity index is 2.47. The minimum absolute atomic E-state index is 0.0989. The zero-order valence-corrected chi connectivity index (χ0v) is 9.35. The van der Waals surface area contributed by atoms with Crippen LogP contribution in [0.15, 0.2) is 28.8 Å². The van der Waals surface area contributed by atoms with Crippen molar-refractivity contribution in [2.45, 2.75) is 6.54 Å². The van der Waals surface area contributed by atoms with E-state index in [1.165, 1.54) is 18.3 Å². The summed E-state index contributed by atoms with van der Waals surface area (Å²) in [4.78, 5) is 14.1. The van der Waals surface area contributed by atoms with Crippen molar-refractivity contribution in [1.82, 2.24) is 4.98 Å². The highest BCUT2D eigenvalue weighted by atomic mass is 35.5. The number of non-ortho nitro benzene ring substituents is 1. The van der Waals surface area contributed by atoms with Gasteiger partial charge in [0.2, 0.25) is 5.89 Å². The Morgan fingerprint density at radius 1 is 1.47 bits per heavy atom. The first kappa shape index (κ1) is 11.6. The number of oxazole rings is 1. The third-order valence-corrected chi connectivity index (χ3v) is 2.32. The lowest BCUT2D eigenvalue weighted by Gasteiger charge is -1.98. The third-order valence-electron chi connectivity index (χ3n) is 2.11. The van der Waals surface area contributed by atoms with Crippen molar-refractivity contribution >= 4 is 17.3 Å². The fourth-order valence-electron chi connectivity index (χ4n) is 1.36. The quantitative estimate of drug-likeness (QED) is 0.669. The van der Waals surface area contributed by atoms with E-state index >= 15 is 0 Å². The van der Waals surface area contributed by atoms with Crippen LogP contribution in [0, 0.1) is 10.1 Å². The van der Waals surface area contributed by atoms with Crippen LogP contribution in [0.5, 0.6) is 0 Å². The van der Waals surface area contributed by atoms with E-state index < -0.39 is 4.92 Å². The van der Waals surface area contributed by atoms with E-state index in [2.05, 4.69) is 4.98 Å². The molecule has 0 saturated carbocycles. The van der Waals surface area contributed by atoms with Crippen LogP contribution in [0.2, 0.25) is 5.02 Å². The first-order valence-corrected chi connectivity index (χ1v) is 5.08. The van der Waals surface area contributed by atoms with Gasteiger partial charge in [-0.2, -0.15) is 0 Å². The molecule has 88 valence electrons. The van der Waals surface area contributed by atoms with Gasteiger partial charge in [-0.3, -0.25) is 10.1 Å². The summed E-state index contributed by atoms with van der Waals surface area (Å²) in [5.41, 5.74) is 5.76. The summed E-state index contributed by atoms with van der Waals surface area (Å²) >= 11 is 5.79. The molecule has 0 spiro atoms. The molecule has 7 heteroatoms. The molecule has 0 saturated heterocycles. The lowest BCUT2D eigenvalue weighted by Crippen LogP contribution is -1.94. The SMILES string of the molecule is NCc1ncc(-c2cc(Cl)cc([N+](=O)[O-])c2)o1. The van der Waals surface area contributed by atoms with Crippen LogP contribution in [0.1, 0.15) is 5.89 Å². The van der Waals surface area contributed by atoms with E-state index in [4.69, 9.17) is 21.8 Å². The van der Waals surface area contributed by atoms with E-state index in [1.54, 1.807) is 6.07 Å². The van der Waals surface area contributed by atoms with Crippen LogP contribution in [0.25, 0.3) is 11.3 Å². The lowest BCUT2D eigenvalue weighted by atomic mass is 10.1. The maximum atomic E-state index is 10.7. The fraction of sp³-hybridized carbons (Fsp3) is 0.100. The van der Waals surface area contributed by atoms with Gasteiger partial charge in [-0.25, -0.2) is 4.98 Å². The summed E-state index contributed by atoms with van der Waals surface area (Å²) in [5, 5.41) is 10.9. The van der Waals surface area contributed by atoms with Gasteiger partial charge in [-0.1, -0.05) is 11.6 Å². The predicted octanol–water partition coefficient (Wildman–Crippen LogP) is 2.36. The molecule has 0 fully saturated rings. The van der Waals surface area contributed by atoms with Gasteiger partial charge in [-0.05, 0) is 6.07 Å². The van der Waals surface area contributed by atoms with Crippen molar-refractivity contribution in [2.75, 3.05) is 0 Å². The molecular weight excluding hydrogens is 246 g/mol. The first-order valence-electron chi connectivity index (χ1n) is 4.70. The Morgan fingerprint density at radius 3 is 2.82 bits per heavy atom. The highest BCUT2D eigenvalue weighted by Crippen LogP contribution is 2.28. The van der Waals surface area contributed by atoms with E-state index in [1.807, 2.05) is 0 Å². The van der Waals surface area contributed by atoms with Crippen molar-refractivity contribution in [3.05, 3.63) is 45.4 Å². The summed E-state index contributed by atoms with van der Waals surface area (Å²) in [6.45, 7) is 0.169. The van der Waals surface area contributed by atoms with Crippen LogP contribution < -0.4 is 5.73 Å². The molecule has 0 bridgehead atoms. The van der Waals surface area contributed by atoms with Gasteiger partial charge >= 0.3 is 0 Å². The number of nitro groups is 1. The summed E-state index contributed by atoms with van der Waals surface area (Å²) in [7, 11) is 0. The Bertz CT molecular complexity index is 568. The maximum absolute atomic E-state index is 10.7. The molecule has 0 amide bonds. The van der Waals surface area contributed by atoms with E-state index in [-0.39, 0.29) is 17.3 Å². The standard InChI is InChI=1S/C10H8ClN3O3/c11-7-1-6(2-8(3-7)14(15)16)9-5-13-10(4-12)17-9/h1-3,5H,4,12H2. The predicted molar refractivity (Wildman–Crippen MR) is 61.5 cm³/mol. The molecule has 0 aliphatic heterocycles. The van der Waals surface area contributed by atoms with E-state index in [0.717, 1.165) is 0 Å². The Labute approximate surface area is 101 Å². The average Bonchev–Trinajstić information content (AvgIpc) is 2.76. The molecule has 0 unspecified atom stereocenters. The van der Waals surface area contributed by atoms with Gasteiger partial charge in [0.1, 0.15) is 0 Å². The third kappa shape index (κ3) is 2.43. The van der Waals surface area contributed by atoms with Gasteiger partial charge in [0.15, 0.2) is 5.76 Å². The Morgan fingerprint density at radius 2 is 2.24 bits per heavy atom. The second-order valence-corrected chi connectivity index (χ2v) is 3.71. The molecule has 2 aromatic rings. The number of nitrogens with zero attached hydrogens (tertiary/aromatic N) is 2. The average molecular weight is 254 g/mol. The van der Waals surface area contributed by atoms with Crippen LogP contribution in [-0.2, 0) is 6.54 Å². The van der Waals surface area contributed by atoms with Gasteiger partial charge < -0.3 is 10.2 Å². The molecule has 6 nitrogen and oxygen atoms in total. The molecule has 1 aromatic heterocycles. The minimum Gasteiger partial charge on any atom is -0.439 e. The van der Waals surface area contributed by atoms with Crippen molar-refractivity contribution < 1.29 is 9.34 Å².